The minimum atomic E-state index is -0.237. The summed E-state index contributed by atoms with van der Waals surface area (Å²) >= 11 is 0. The highest BCUT2D eigenvalue weighted by Crippen LogP contribution is 2.33. The Bertz CT molecular complexity index is 1450. The highest BCUT2D eigenvalue weighted by Gasteiger charge is 2.29. The number of hydrogen-bond donors (Lipinski definition) is 1. The third-order valence-corrected chi connectivity index (χ3v) is 9.80. The largest absolute Gasteiger partial charge is 0.309 e. The zero-order chi connectivity index (χ0) is 28.5. The van der Waals surface area contributed by atoms with Gasteiger partial charge >= 0.3 is 0 Å². The summed E-state index contributed by atoms with van der Waals surface area (Å²) in [6.07, 6.45) is 12.7. The molecule has 0 bridgehead atoms. The molecule has 3 aromatic rings. The van der Waals surface area contributed by atoms with Gasteiger partial charge < -0.3 is 15.1 Å². The van der Waals surface area contributed by atoms with Gasteiger partial charge in [0.25, 0.3) is 5.56 Å². The van der Waals surface area contributed by atoms with Gasteiger partial charge in [-0.2, -0.15) is 4.98 Å². The summed E-state index contributed by atoms with van der Waals surface area (Å²) in [6, 6.07) is 4.98. The third-order valence-electron chi connectivity index (χ3n) is 9.80. The molecule has 0 radical (unpaired) electrons. The summed E-state index contributed by atoms with van der Waals surface area (Å²) in [4.78, 5) is 45.2. The summed E-state index contributed by atoms with van der Waals surface area (Å²) in [5.74, 6) is 1.41. The molecule has 9 nitrogen and oxygen atoms in total. The summed E-state index contributed by atoms with van der Waals surface area (Å²) in [5, 5.41) is 4.00. The number of Topliss-reactive ketones (excluding diaryl/α,β-unsaturated/α-hetero) is 1. The standard InChI is InChI=1S/C32H43N7O2/c1-4-37-15-13-25(14-16-37)38-17-11-23(12-18-38)24-9-10-28(33-19-24)35-32-34-20-27-21(2)29(22(3)40)31(41)39(30(27)36-32)26-7-5-6-8-26/h9-10,19-20,23,25-26H,4-8,11-18H2,1-3H3,(H,33,34,35,36). The number of carbonyl (C=O) groups is 1. The van der Waals surface area contributed by atoms with Crippen LogP contribution in [0.25, 0.3) is 11.0 Å². The molecule has 0 amide bonds. The molecule has 3 fully saturated rings. The number of likely N-dealkylation sites (tertiary alicyclic amines) is 2. The van der Waals surface area contributed by atoms with Gasteiger partial charge in [-0.15, -0.1) is 0 Å². The molecule has 0 aromatic carbocycles. The number of pyridine rings is 2. The first-order chi connectivity index (χ1) is 19.9. The molecule has 1 saturated carbocycles. The molecule has 1 N–H and O–H groups in total. The fraction of sp³-hybridized carbons (Fsp3) is 0.594. The molecule has 3 aliphatic rings. The lowest BCUT2D eigenvalue weighted by Crippen LogP contribution is -2.47. The fourth-order valence-corrected chi connectivity index (χ4v) is 7.34. The number of rotatable bonds is 7. The van der Waals surface area contributed by atoms with Crippen molar-refractivity contribution in [1.29, 1.82) is 0 Å². The summed E-state index contributed by atoms with van der Waals surface area (Å²) in [5.41, 5.74) is 2.54. The van der Waals surface area contributed by atoms with E-state index in [1.54, 1.807) is 10.8 Å². The zero-order valence-corrected chi connectivity index (χ0v) is 24.7. The van der Waals surface area contributed by atoms with Crippen molar-refractivity contribution in [3.05, 3.63) is 51.6 Å². The van der Waals surface area contributed by atoms with Crippen LogP contribution in [0, 0.1) is 6.92 Å². The van der Waals surface area contributed by atoms with Gasteiger partial charge in [0.15, 0.2) is 5.78 Å². The molecular formula is C32H43N7O2. The van der Waals surface area contributed by atoms with Crippen molar-refractivity contribution in [2.45, 2.75) is 90.1 Å². The Balaban J connectivity index is 1.16. The fourth-order valence-electron chi connectivity index (χ4n) is 7.34. The maximum atomic E-state index is 13.5. The van der Waals surface area contributed by atoms with E-state index in [4.69, 9.17) is 9.97 Å². The van der Waals surface area contributed by atoms with Crippen LogP contribution >= 0.6 is 0 Å². The van der Waals surface area contributed by atoms with E-state index in [1.807, 2.05) is 19.2 Å². The van der Waals surface area contributed by atoms with Crippen molar-refractivity contribution < 1.29 is 4.79 Å². The third kappa shape index (κ3) is 5.66. The second kappa shape index (κ2) is 12.0. The molecular weight excluding hydrogens is 514 g/mol. The highest BCUT2D eigenvalue weighted by atomic mass is 16.1. The van der Waals surface area contributed by atoms with E-state index in [0.29, 0.717) is 28.9 Å². The molecule has 5 heterocycles. The van der Waals surface area contributed by atoms with Gasteiger partial charge in [-0.25, -0.2) is 9.97 Å². The Hall–Kier alpha value is -3.17. The maximum Gasteiger partial charge on any atom is 0.263 e. The number of aromatic nitrogens is 4. The van der Waals surface area contributed by atoms with Crippen LogP contribution in [0.5, 0.6) is 0 Å². The smallest absolute Gasteiger partial charge is 0.263 e. The lowest BCUT2D eigenvalue weighted by molar-refractivity contribution is 0.0894. The summed E-state index contributed by atoms with van der Waals surface area (Å²) < 4.78 is 1.74. The van der Waals surface area contributed by atoms with Crippen molar-refractivity contribution >= 4 is 28.6 Å². The number of nitrogens with one attached hydrogen (secondary N) is 1. The van der Waals surface area contributed by atoms with Crippen LogP contribution in [0.2, 0.25) is 0 Å². The highest BCUT2D eigenvalue weighted by molar-refractivity contribution is 5.99. The lowest BCUT2D eigenvalue weighted by Gasteiger charge is -2.41. The maximum absolute atomic E-state index is 13.5. The molecule has 2 aliphatic heterocycles. The van der Waals surface area contributed by atoms with Crippen LogP contribution in [0.3, 0.4) is 0 Å². The molecule has 0 unspecified atom stereocenters. The zero-order valence-electron chi connectivity index (χ0n) is 24.7. The number of ketones is 1. The first-order valence-corrected chi connectivity index (χ1v) is 15.5. The molecule has 41 heavy (non-hydrogen) atoms. The lowest BCUT2D eigenvalue weighted by atomic mass is 9.89. The van der Waals surface area contributed by atoms with Crippen LogP contribution < -0.4 is 10.9 Å². The average Bonchev–Trinajstić information content (AvgIpc) is 3.52. The quantitative estimate of drug-likeness (QED) is 0.395. The number of nitrogens with zero attached hydrogens (tertiary/aromatic N) is 6. The number of aryl methyl sites for hydroxylation is 1. The molecule has 1 aliphatic carbocycles. The van der Waals surface area contributed by atoms with E-state index in [-0.39, 0.29) is 22.9 Å². The first-order valence-electron chi connectivity index (χ1n) is 15.5. The van der Waals surface area contributed by atoms with Gasteiger partial charge in [-0.3, -0.25) is 14.2 Å². The molecule has 9 heteroatoms. The van der Waals surface area contributed by atoms with E-state index < -0.39 is 0 Å². The molecule has 3 aromatic heterocycles. The number of piperidine rings is 2. The monoisotopic (exact) mass is 557 g/mol. The predicted octanol–water partition coefficient (Wildman–Crippen LogP) is 5.22. The first kappa shape index (κ1) is 28.0. The summed E-state index contributed by atoms with van der Waals surface area (Å²) in [6.45, 7) is 11.5. The van der Waals surface area contributed by atoms with Gasteiger partial charge in [0, 0.05) is 29.9 Å². The molecule has 2 saturated heterocycles. The van der Waals surface area contributed by atoms with Crippen molar-refractivity contribution in [1.82, 2.24) is 29.3 Å². The van der Waals surface area contributed by atoms with Gasteiger partial charge in [0.05, 0.1) is 5.56 Å². The van der Waals surface area contributed by atoms with Crippen LogP contribution in [-0.4, -0.2) is 73.9 Å². The predicted molar refractivity (Wildman–Crippen MR) is 162 cm³/mol. The topological polar surface area (TPSA) is 96.2 Å². The minimum absolute atomic E-state index is 0.0550. The second-order valence-electron chi connectivity index (χ2n) is 12.2. The van der Waals surface area contributed by atoms with E-state index in [0.717, 1.165) is 37.1 Å². The number of hydrogen-bond acceptors (Lipinski definition) is 8. The van der Waals surface area contributed by atoms with Crippen LogP contribution in [0.15, 0.2) is 29.3 Å². The molecule has 0 spiro atoms. The minimum Gasteiger partial charge on any atom is -0.309 e. The van der Waals surface area contributed by atoms with Crippen LogP contribution in [0.1, 0.15) is 98.7 Å². The Morgan fingerprint density at radius 1 is 0.951 bits per heavy atom. The Morgan fingerprint density at radius 3 is 2.32 bits per heavy atom. The van der Waals surface area contributed by atoms with Crippen molar-refractivity contribution in [2.24, 2.45) is 0 Å². The molecule has 0 atom stereocenters. The normalized spacial score (nSPS) is 20.2. The van der Waals surface area contributed by atoms with Crippen LogP contribution in [-0.2, 0) is 0 Å². The van der Waals surface area contributed by atoms with Crippen molar-refractivity contribution in [3.8, 4) is 0 Å². The van der Waals surface area contributed by atoms with E-state index in [1.165, 1.54) is 70.9 Å². The SMILES string of the molecule is CCN1CCC(N2CCC(c3ccc(Nc4ncc5c(C)c(C(C)=O)c(=O)n(C6CCCC6)c5n4)nc3)CC2)CC1. The Labute approximate surface area is 242 Å². The average molecular weight is 558 g/mol. The van der Waals surface area contributed by atoms with Gasteiger partial charge in [0.2, 0.25) is 5.95 Å². The number of carbonyl (C=O) groups excluding carboxylic acids is 1. The van der Waals surface area contributed by atoms with E-state index >= 15 is 0 Å². The Kier molecular flexibility index (Phi) is 8.17. The van der Waals surface area contributed by atoms with E-state index in [2.05, 4.69) is 33.1 Å². The number of anilines is 2. The van der Waals surface area contributed by atoms with E-state index in [9.17, 15) is 9.59 Å². The van der Waals surface area contributed by atoms with Crippen LogP contribution in [0.4, 0.5) is 11.8 Å². The van der Waals surface area contributed by atoms with Gasteiger partial charge in [-0.1, -0.05) is 25.8 Å². The second-order valence-corrected chi connectivity index (χ2v) is 12.2. The summed E-state index contributed by atoms with van der Waals surface area (Å²) in [7, 11) is 0. The van der Waals surface area contributed by atoms with Gasteiger partial charge in [0.1, 0.15) is 11.5 Å². The van der Waals surface area contributed by atoms with Gasteiger partial charge in [-0.05, 0) is 108 Å². The van der Waals surface area contributed by atoms with Crippen molar-refractivity contribution in [3.63, 3.8) is 0 Å². The molecule has 218 valence electrons. The number of fused-ring (bicyclic) bond motifs is 1. The molecule has 6 rings (SSSR count). The van der Waals surface area contributed by atoms with Crippen molar-refractivity contribution in [2.75, 3.05) is 38.0 Å². The Morgan fingerprint density at radius 2 is 1.68 bits per heavy atom.